The molecule has 0 aliphatic carbocycles. The quantitative estimate of drug-likeness (QED) is 0.550. The van der Waals surface area contributed by atoms with Gasteiger partial charge in [-0.05, 0) is 42.0 Å². The number of para-hydroxylation sites is 1. The molecule has 0 N–H and O–H groups in total. The molecule has 5 heteroatoms. The Morgan fingerprint density at radius 2 is 2.11 bits per heavy atom. The molecule has 0 fully saturated rings. The molecule has 3 nitrogen and oxygen atoms in total. The molecule has 2 heterocycles. The number of aryl methyl sites for hydroxylation is 1. The van der Waals surface area contributed by atoms with E-state index >= 15 is 0 Å². The Hall–Kier alpha value is -0.880. The van der Waals surface area contributed by atoms with Crippen LogP contribution in [0.3, 0.4) is 0 Å². The molecule has 1 aliphatic heterocycles. The number of halogens is 2. The Morgan fingerprint density at radius 3 is 2.89 bits per heavy atom. The third-order valence-corrected chi connectivity index (χ3v) is 5.15. The van der Waals surface area contributed by atoms with Gasteiger partial charge in [0.2, 0.25) is 0 Å². The van der Waals surface area contributed by atoms with E-state index in [4.69, 9.17) is 16.3 Å². The highest BCUT2D eigenvalue weighted by Crippen LogP contribution is 2.37. The second-order valence-corrected chi connectivity index (χ2v) is 5.94. The van der Waals surface area contributed by atoms with Crippen LogP contribution < -0.4 is 4.74 Å². The average molecular weight is 387 g/mol. The molecule has 1 aliphatic rings. The molecule has 1 aromatic carbocycles. The molecule has 3 rings (SSSR count). The van der Waals surface area contributed by atoms with Crippen molar-refractivity contribution in [2.45, 2.75) is 19.3 Å². The first-order valence-electron chi connectivity index (χ1n) is 6.08. The van der Waals surface area contributed by atoms with Gasteiger partial charge in [0.25, 0.3) is 0 Å². The van der Waals surface area contributed by atoms with Crippen molar-refractivity contribution in [1.82, 2.24) is 9.97 Å². The van der Waals surface area contributed by atoms with Crippen LogP contribution in [0, 0.1) is 10.5 Å². The minimum Gasteiger partial charge on any atom is -0.493 e. The monoisotopic (exact) mass is 386 g/mol. The lowest BCUT2D eigenvalue weighted by atomic mass is 9.92. The zero-order valence-corrected chi connectivity index (χ0v) is 13.3. The van der Waals surface area contributed by atoms with Crippen molar-refractivity contribution in [3.8, 4) is 5.75 Å². The van der Waals surface area contributed by atoms with Crippen molar-refractivity contribution in [1.29, 1.82) is 0 Å². The molecule has 0 amide bonds. The number of hydrogen-bond donors (Lipinski definition) is 0. The van der Waals surface area contributed by atoms with Crippen molar-refractivity contribution in [2.24, 2.45) is 0 Å². The van der Waals surface area contributed by atoms with E-state index in [1.54, 1.807) is 0 Å². The lowest BCUT2D eigenvalue weighted by Gasteiger charge is -2.25. The number of hydrogen-bond acceptors (Lipinski definition) is 3. The molecule has 19 heavy (non-hydrogen) atoms. The van der Waals surface area contributed by atoms with Crippen LogP contribution in [0.4, 0.5) is 0 Å². The van der Waals surface area contributed by atoms with Crippen molar-refractivity contribution in [3.05, 3.63) is 50.1 Å². The maximum atomic E-state index is 6.18. The van der Waals surface area contributed by atoms with Gasteiger partial charge in [-0.25, -0.2) is 9.97 Å². The van der Waals surface area contributed by atoms with Crippen LogP contribution in [0.25, 0.3) is 0 Å². The van der Waals surface area contributed by atoms with E-state index in [0.717, 1.165) is 32.8 Å². The lowest BCUT2D eigenvalue weighted by Crippen LogP contribution is -2.18. The summed E-state index contributed by atoms with van der Waals surface area (Å²) in [7, 11) is 0. The number of ether oxygens (including phenoxy) is 1. The zero-order valence-electron chi connectivity index (χ0n) is 10.4. The van der Waals surface area contributed by atoms with E-state index in [1.165, 1.54) is 0 Å². The summed E-state index contributed by atoms with van der Waals surface area (Å²) in [5.74, 6) is 1.88. The highest BCUT2D eigenvalue weighted by Gasteiger charge is 2.26. The SMILES string of the molecule is Cc1nc(C2CCOc3ccccc32)nc(Cl)c1I. The molecule has 2 aromatic rings. The molecular weight excluding hydrogens is 375 g/mol. The van der Waals surface area contributed by atoms with Gasteiger partial charge in [0, 0.05) is 5.56 Å². The molecule has 0 saturated heterocycles. The maximum Gasteiger partial charge on any atom is 0.146 e. The Labute approximate surface area is 130 Å². The van der Waals surface area contributed by atoms with Gasteiger partial charge in [-0.2, -0.15) is 0 Å². The molecule has 1 aromatic heterocycles. The Balaban J connectivity index is 2.09. The molecular formula is C14H12ClIN2O. The van der Waals surface area contributed by atoms with Gasteiger partial charge in [0.1, 0.15) is 16.7 Å². The first-order chi connectivity index (χ1) is 9.16. The van der Waals surface area contributed by atoms with Gasteiger partial charge >= 0.3 is 0 Å². The second kappa shape index (κ2) is 5.25. The molecule has 98 valence electrons. The fourth-order valence-corrected chi connectivity index (χ4v) is 2.78. The summed E-state index contributed by atoms with van der Waals surface area (Å²) < 4.78 is 6.59. The first kappa shape index (κ1) is 13.1. The van der Waals surface area contributed by atoms with E-state index in [1.807, 2.05) is 25.1 Å². The number of benzene rings is 1. The molecule has 1 unspecified atom stereocenters. The molecule has 0 bridgehead atoms. The van der Waals surface area contributed by atoms with Gasteiger partial charge in [0.15, 0.2) is 0 Å². The van der Waals surface area contributed by atoms with E-state index in [-0.39, 0.29) is 5.92 Å². The number of aromatic nitrogens is 2. The van der Waals surface area contributed by atoms with Crippen LogP contribution in [0.15, 0.2) is 24.3 Å². The smallest absolute Gasteiger partial charge is 0.146 e. The molecule has 0 saturated carbocycles. The topological polar surface area (TPSA) is 35.0 Å². The summed E-state index contributed by atoms with van der Waals surface area (Å²) in [5.41, 5.74) is 2.07. The molecule has 1 atom stereocenters. The fourth-order valence-electron chi connectivity index (χ4n) is 2.31. The number of rotatable bonds is 1. The normalized spacial score (nSPS) is 17.7. The predicted molar refractivity (Wildman–Crippen MR) is 82.9 cm³/mol. The van der Waals surface area contributed by atoms with Gasteiger partial charge in [0.05, 0.1) is 21.8 Å². The van der Waals surface area contributed by atoms with Crippen LogP contribution in [0.2, 0.25) is 5.15 Å². The highest BCUT2D eigenvalue weighted by atomic mass is 127. The van der Waals surface area contributed by atoms with Crippen LogP contribution >= 0.6 is 34.2 Å². The van der Waals surface area contributed by atoms with Gasteiger partial charge in [-0.3, -0.25) is 0 Å². The van der Waals surface area contributed by atoms with Gasteiger partial charge in [-0.1, -0.05) is 29.8 Å². The van der Waals surface area contributed by atoms with Crippen molar-refractivity contribution in [2.75, 3.05) is 6.61 Å². The molecule has 0 spiro atoms. The van der Waals surface area contributed by atoms with E-state index in [0.29, 0.717) is 11.8 Å². The third-order valence-electron chi connectivity index (χ3n) is 3.26. The summed E-state index contributed by atoms with van der Waals surface area (Å²) in [6.45, 7) is 2.65. The average Bonchev–Trinajstić information content (AvgIpc) is 2.43. The third kappa shape index (κ3) is 2.43. The van der Waals surface area contributed by atoms with Crippen molar-refractivity contribution in [3.63, 3.8) is 0 Å². The zero-order chi connectivity index (χ0) is 13.4. The molecule has 0 radical (unpaired) electrons. The van der Waals surface area contributed by atoms with E-state index in [2.05, 4.69) is 38.6 Å². The largest absolute Gasteiger partial charge is 0.493 e. The van der Waals surface area contributed by atoms with Crippen molar-refractivity contribution < 1.29 is 4.74 Å². The lowest BCUT2D eigenvalue weighted by molar-refractivity contribution is 0.274. The van der Waals surface area contributed by atoms with Crippen LogP contribution in [-0.4, -0.2) is 16.6 Å². The van der Waals surface area contributed by atoms with E-state index in [9.17, 15) is 0 Å². The summed E-state index contributed by atoms with van der Waals surface area (Å²) in [4.78, 5) is 9.04. The first-order valence-corrected chi connectivity index (χ1v) is 7.53. The maximum absolute atomic E-state index is 6.18. The predicted octanol–water partition coefficient (Wildman–Crippen LogP) is 3.96. The summed E-state index contributed by atoms with van der Waals surface area (Å²) in [6.07, 6.45) is 0.882. The summed E-state index contributed by atoms with van der Waals surface area (Å²) in [6, 6.07) is 8.06. The Bertz CT molecular complexity index is 610. The fraction of sp³-hybridized carbons (Fsp3) is 0.286. The van der Waals surface area contributed by atoms with Crippen LogP contribution in [0.1, 0.15) is 29.4 Å². The Morgan fingerprint density at radius 1 is 1.32 bits per heavy atom. The van der Waals surface area contributed by atoms with Crippen LogP contribution in [0.5, 0.6) is 5.75 Å². The number of fused-ring (bicyclic) bond motifs is 1. The minimum atomic E-state index is 0.165. The second-order valence-electron chi connectivity index (χ2n) is 4.50. The van der Waals surface area contributed by atoms with Gasteiger partial charge in [-0.15, -0.1) is 0 Å². The highest BCUT2D eigenvalue weighted by molar-refractivity contribution is 14.1. The summed E-state index contributed by atoms with van der Waals surface area (Å²) in [5, 5.41) is 0.534. The minimum absolute atomic E-state index is 0.165. The standard InChI is InChI=1S/C14H12ClIN2O/c1-8-12(16)13(15)18-14(17-8)10-6-7-19-11-5-3-2-4-9(10)11/h2-5,10H,6-7H2,1H3. The van der Waals surface area contributed by atoms with E-state index < -0.39 is 0 Å². The number of nitrogens with zero attached hydrogens (tertiary/aromatic N) is 2. The van der Waals surface area contributed by atoms with Gasteiger partial charge < -0.3 is 4.74 Å². The Kier molecular flexibility index (Phi) is 3.62. The van der Waals surface area contributed by atoms with Crippen LogP contribution in [-0.2, 0) is 0 Å². The summed E-state index contributed by atoms with van der Waals surface area (Å²) >= 11 is 8.35. The van der Waals surface area contributed by atoms with Crippen molar-refractivity contribution >= 4 is 34.2 Å².